The Kier molecular flexibility index (Phi) is 4.54. The molecule has 80 valence electrons. The molecule has 0 bridgehead atoms. The fraction of sp³-hybridized carbons (Fsp3) is 0.333. The molecule has 0 aliphatic carbocycles. The van der Waals surface area contributed by atoms with Gasteiger partial charge in [-0.3, -0.25) is 9.78 Å². The molecule has 15 heavy (non-hydrogen) atoms. The van der Waals surface area contributed by atoms with E-state index in [-0.39, 0.29) is 5.91 Å². The van der Waals surface area contributed by atoms with Gasteiger partial charge in [-0.15, -0.1) is 0 Å². The average Bonchev–Trinajstić information content (AvgIpc) is 2.25. The normalized spacial score (nSPS) is 9.67. The third kappa shape index (κ3) is 4.40. The number of nitrogens with one attached hydrogen (secondary N) is 1. The van der Waals surface area contributed by atoms with Crippen molar-refractivity contribution in [2.24, 2.45) is 0 Å². The van der Waals surface area contributed by atoms with Crippen LogP contribution in [-0.4, -0.2) is 17.4 Å². The fourth-order valence-corrected chi connectivity index (χ4v) is 1.19. The first-order valence-corrected chi connectivity index (χ1v) is 5.03. The molecule has 1 aromatic heterocycles. The predicted molar refractivity (Wildman–Crippen MR) is 60.4 cm³/mol. The molecule has 3 heteroatoms. The highest BCUT2D eigenvalue weighted by Crippen LogP contribution is 1.99. The van der Waals surface area contributed by atoms with E-state index < -0.39 is 0 Å². The summed E-state index contributed by atoms with van der Waals surface area (Å²) < 4.78 is 0. The summed E-state index contributed by atoms with van der Waals surface area (Å²) in [5.74, 6) is -0.0651. The molecule has 0 saturated heterocycles. The number of carbonyl (C=O) groups excluding carboxylic acids is 1. The smallest absolute Gasteiger partial charge is 0.246 e. The number of rotatable bonds is 5. The number of pyridine rings is 1. The van der Waals surface area contributed by atoms with Gasteiger partial charge in [-0.1, -0.05) is 6.58 Å². The van der Waals surface area contributed by atoms with Gasteiger partial charge in [-0.2, -0.15) is 0 Å². The zero-order valence-corrected chi connectivity index (χ0v) is 8.99. The van der Waals surface area contributed by atoms with Gasteiger partial charge in [0.1, 0.15) is 0 Å². The second-order valence-corrected chi connectivity index (χ2v) is 3.50. The number of hydrogen-bond acceptors (Lipinski definition) is 2. The molecule has 1 heterocycles. The first kappa shape index (κ1) is 11.4. The summed E-state index contributed by atoms with van der Waals surface area (Å²) in [6, 6.07) is 3.97. The monoisotopic (exact) mass is 204 g/mol. The fourth-order valence-electron chi connectivity index (χ4n) is 1.19. The van der Waals surface area contributed by atoms with E-state index in [1.165, 1.54) is 5.56 Å². The van der Waals surface area contributed by atoms with Crippen molar-refractivity contribution < 1.29 is 4.79 Å². The Morgan fingerprint density at radius 2 is 2.13 bits per heavy atom. The molecule has 1 rings (SSSR count). The van der Waals surface area contributed by atoms with Crippen molar-refractivity contribution in [1.29, 1.82) is 0 Å². The molecule has 0 aromatic carbocycles. The standard InChI is InChI=1S/C12H16N2O/c1-10(2)12(15)14-7-3-4-11-5-8-13-9-6-11/h5-6,8-9H,1,3-4,7H2,2H3,(H,14,15). The molecule has 0 aliphatic rings. The van der Waals surface area contributed by atoms with E-state index in [4.69, 9.17) is 0 Å². The van der Waals surface area contributed by atoms with E-state index >= 15 is 0 Å². The van der Waals surface area contributed by atoms with E-state index in [0.29, 0.717) is 12.1 Å². The lowest BCUT2D eigenvalue weighted by molar-refractivity contribution is -0.117. The van der Waals surface area contributed by atoms with Crippen LogP contribution in [0.3, 0.4) is 0 Å². The van der Waals surface area contributed by atoms with Crippen LogP contribution in [0.25, 0.3) is 0 Å². The second kappa shape index (κ2) is 5.96. The van der Waals surface area contributed by atoms with Crippen molar-refractivity contribution in [3.8, 4) is 0 Å². The molecule has 1 aromatic rings. The van der Waals surface area contributed by atoms with E-state index in [9.17, 15) is 4.79 Å². The largest absolute Gasteiger partial charge is 0.352 e. The van der Waals surface area contributed by atoms with E-state index in [0.717, 1.165) is 12.8 Å². The van der Waals surface area contributed by atoms with Gasteiger partial charge in [0.25, 0.3) is 0 Å². The Labute approximate surface area is 90.2 Å². The lowest BCUT2D eigenvalue weighted by Gasteiger charge is -2.04. The van der Waals surface area contributed by atoms with Crippen molar-refractivity contribution in [3.05, 3.63) is 42.2 Å². The van der Waals surface area contributed by atoms with Gasteiger partial charge in [0.05, 0.1) is 0 Å². The van der Waals surface area contributed by atoms with E-state index in [1.54, 1.807) is 19.3 Å². The van der Waals surface area contributed by atoms with E-state index in [2.05, 4.69) is 16.9 Å². The molecule has 0 atom stereocenters. The number of carbonyl (C=O) groups is 1. The summed E-state index contributed by atoms with van der Waals surface area (Å²) in [4.78, 5) is 15.1. The van der Waals surface area contributed by atoms with Gasteiger partial charge in [0, 0.05) is 24.5 Å². The van der Waals surface area contributed by atoms with Gasteiger partial charge in [0.15, 0.2) is 0 Å². The highest BCUT2D eigenvalue weighted by molar-refractivity contribution is 5.91. The highest BCUT2D eigenvalue weighted by Gasteiger charge is 1.99. The van der Waals surface area contributed by atoms with Crippen LogP contribution in [0.4, 0.5) is 0 Å². The zero-order chi connectivity index (χ0) is 11.1. The topological polar surface area (TPSA) is 42.0 Å². The van der Waals surface area contributed by atoms with Crippen molar-refractivity contribution in [2.75, 3.05) is 6.54 Å². The maximum atomic E-state index is 11.1. The van der Waals surface area contributed by atoms with Gasteiger partial charge >= 0.3 is 0 Å². The second-order valence-electron chi connectivity index (χ2n) is 3.50. The quantitative estimate of drug-likeness (QED) is 0.586. The summed E-state index contributed by atoms with van der Waals surface area (Å²) in [6.07, 6.45) is 5.45. The van der Waals surface area contributed by atoms with Crippen LogP contribution < -0.4 is 5.32 Å². The number of amides is 1. The molecular formula is C12H16N2O. The molecule has 1 N–H and O–H groups in total. The van der Waals surface area contributed by atoms with Crippen LogP contribution in [-0.2, 0) is 11.2 Å². The van der Waals surface area contributed by atoms with Gasteiger partial charge in [-0.25, -0.2) is 0 Å². The van der Waals surface area contributed by atoms with Crippen LogP contribution in [0.1, 0.15) is 18.9 Å². The van der Waals surface area contributed by atoms with Crippen LogP contribution in [0.5, 0.6) is 0 Å². The molecule has 0 unspecified atom stereocenters. The van der Waals surface area contributed by atoms with Crippen molar-refractivity contribution in [3.63, 3.8) is 0 Å². The Bertz CT molecular complexity index is 333. The summed E-state index contributed by atoms with van der Waals surface area (Å²) >= 11 is 0. The number of nitrogens with zero attached hydrogens (tertiary/aromatic N) is 1. The first-order valence-electron chi connectivity index (χ1n) is 5.03. The molecule has 1 amide bonds. The Morgan fingerprint density at radius 1 is 1.47 bits per heavy atom. The Hall–Kier alpha value is -1.64. The van der Waals surface area contributed by atoms with Crippen LogP contribution >= 0.6 is 0 Å². The first-order chi connectivity index (χ1) is 7.20. The Balaban J connectivity index is 2.18. The summed E-state index contributed by atoms with van der Waals surface area (Å²) in [6.45, 7) is 5.97. The molecule has 0 fully saturated rings. The molecular weight excluding hydrogens is 188 g/mol. The van der Waals surface area contributed by atoms with Gasteiger partial charge < -0.3 is 5.32 Å². The summed E-state index contributed by atoms with van der Waals surface area (Å²) in [5.41, 5.74) is 1.80. The summed E-state index contributed by atoms with van der Waals surface area (Å²) in [5, 5.41) is 2.80. The molecule has 0 radical (unpaired) electrons. The maximum absolute atomic E-state index is 11.1. The van der Waals surface area contributed by atoms with Crippen LogP contribution in [0.15, 0.2) is 36.7 Å². The molecule has 0 aliphatic heterocycles. The minimum absolute atomic E-state index is 0.0651. The average molecular weight is 204 g/mol. The van der Waals surface area contributed by atoms with E-state index in [1.807, 2.05) is 12.1 Å². The van der Waals surface area contributed by atoms with Gasteiger partial charge in [0.2, 0.25) is 5.91 Å². The van der Waals surface area contributed by atoms with Gasteiger partial charge in [-0.05, 0) is 37.5 Å². The third-order valence-electron chi connectivity index (χ3n) is 2.06. The molecule has 3 nitrogen and oxygen atoms in total. The number of hydrogen-bond donors (Lipinski definition) is 1. The highest BCUT2D eigenvalue weighted by atomic mass is 16.1. The molecule has 0 saturated carbocycles. The minimum atomic E-state index is -0.0651. The minimum Gasteiger partial charge on any atom is -0.352 e. The SMILES string of the molecule is C=C(C)C(=O)NCCCc1ccncc1. The van der Waals surface area contributed by atoms with Crippen LogP contribution in [0, 0.1) is 0 Å². The molecule has 0 spiro atoms. The van der Waals surface area contributed by atoms with Crippen molar-refractivity contribution in [1.82, 2.24) is 10.3 Å². The lowest BCUT2D eigenvalue weighted by Crippen LogP contribution is -2.24. The number of aryl methyl sites for hydroxylation is 1. The summed E-state index contributed by atoms with van der Waals surface area (Å²) in [7, 11) is 0. The van der Waals surface area contributed by atoms with Crippen molar-refractivity contribution in [2.45, 2.75) is 19.8 Å². The lowest BCUT2D eigenvalue weighted by atomic mass is 10.1. The zero-order valence-electron chi connectivity index (χ0n) is 8.99. The number of aromatic nitrogens is 1. The van der Waals surface area contributed by atoms with Crippen molar-refractivity contribution >= 4 is 5.91 Å². The van der Waals surface area contributed by atoms with Crippen LogP contribution in [0.2, 0.25) is 0 Å². The Morgan fingerprint density at radius 3 is 2.73 bits per heavy atom. The maximum Gasteiger partial charge on any atom is 0.246 e. The third-order valence-corrected chi connectivity index (χ3v) is 2.06. The predicted octanol–water partition coefficient (Wildman–Crippen LogP) is 1.71.